The third kappa shape index (κ3) is 7.63. The van der Waals surface area contributed by atoms with Crippen LogP contribution in [0.2, 0.25) is 5.02 Å². The van der Waals surface area contributed by atoms with Crippen LogP contribution in [-0.4, -0.2) is 23.4 Å². The molecule has 0 aromatic heterocycles. The summed E-state index contributed by atoms with van der Waals surface area (Å²) in [5.41, 5.74) is 6.45. The van der Waals surface area contributed by atoms with Crippen molar-refractivity contribution in [1.29, 1.82) is 0 Å². The fourth-order valence-electron chi connectivity index (χ4n) is 2.09. The Hall–Kier alpha value is -1.30. The first-order chi connectivity index (χ1) is 11.1. The number of hydrogen-bond donors (Lipinski definition) is 3. The molecule has 1 rings (SSSR count). The number of rotatable bonds is 7. The largest absolute Gasteiger partial charge is 0.347 e. The maximum atomic E-state index is 12.3. The molecule has 2 amide bonds. The molecule has 25 heavy (non-hydrogen) atoms. The van der Waals surface area contributed by atoms with Crippen LogP contribution in [0.1, 0.15) is 57.8 Å². The summed E-state index contributed by atoms with van der Waals surface area (Å²) in [6.45, 7) is 9.92. The summed E-state index contributed by atoms with van der Waals surface area (Å²) < 4.78 is 0. The lowest BCUT2D eigenvalue weighted by molar-refractivity contribution is -0.117. The summed E-state index contributed by atoms with van der Waals surface area (Å²) in [6.07, 6.45) is 1.41. The minimum atomic E-state index is -0.572. The first-order valence-electron chi connectivity index (χ1n) is 8.24. The van der Waals surface area contributed by atoms with Crippen LogP contribution in [-0.2, 0) is 4.79 Å². The molecule has 1 aromatic carbocycles. The molecule has 7 heteroatoms. The second-order valence-corrected chi connectivity index (χ2v) is 7.52. The van der Waals surface area contributed by atoms with Gasteiger partial charge in [0.05, 0.1) is 16.6 Å². The van der Waals surface area contributed by atoms with Crippen molar-refractivity contribution < 1.29 is 9.59 Å². The summed E-state index contributed by atoms with van der Waals surface area (Å²) in [7, 11) is 0. The molecule has 0 saturated carbocycles. The van der Waals surface area contributed by atoms with Gasteiger partial charge in [-0.15, -0.1) is 12.4 Å². The summed E-state index contributed by atoms with van der Waals surface area (Å²) in [6, 6.07) is 4.25. The highest BCUT2D eigenvalue weighted by Gasteiger charge is 2.21. The van der Waals surface area contributed by atoms with Gasteiger partial charge in [0.2, 0.25) is 5.91 Å². The van der Waals surface area contributed by atoms with Crippen LogP contribution in [0.15, 0.2) is 18.2 Å². The standard InChI is InChI=1S/C18H28ClN3O2.ClH/c1-6-18(4,5)22-16(23)13-8-7-12(10-14(13)19)21-17(24)15(20)9-11(2)3;/h7-8,10-11,15H,6,9,20H2,1-5H3,(H,21,24)(H,22,23);1H/t15-;/m0./s1. The van der Waals surface area contributed by atoms with Crippen LogP contribution >= 0.6 is 24.0 Å². The fourth-order valence-corrected chi connectivity index (χ4v) is 2.36. The van der Waals surface area contributed by atoms with E-state index in [4.69, 9.17) is 17.3 Å². The van der Waals surface area contributed by atoms with Gasteiger partial charge in [-0.25, -0.2) is 0 Å². The number of carbonyl (C=O) groups excluding carboxylic acids is 2. The molecule has 0 heterocycles. The van der Waals surface area contributed by atoms with E-state index in [1.54, 1.807) is 18.2 Å². The maximum absolute atomic E-state index is 12.3. The van der Waals surface area contributed by atoms with E-state index in [0.29, 0.717) is 23.6 Å². The van der Waals surface area contributed by atoms with Crippen molar-refractivity contribution in [2.45, 2.75) is 59.0 Å². The van der Waals surface area contributed by atoms with Gasteiger partial charge >= 0.3 is 0 Å². The van der Waals surface area contributed by atoms with Gasteiger partial charge in [-0.1, -0.05) is 32.4 Å². The molecule has 0 fully saturated rings. The van der Waals surface area contributed by atoms with E-state index in [1.165, 1.54) is 0 Å². The van der Waals surface area contributed by atoms with E-state index in [1.807, 2.05) is 34.6 Å². The highest BCUT2D eigenvalue weighted by Crippen LogP contribution is 2.22. The topological polar surface area (TPSA) is 84.2 Å². The zero-order valence-electron chi connectivity index (χ0n) is 15.5. The van der Waals surface area contributed by atoms with Crippen LogP contribution in [0.25, 0.3) is 0 Å². The lowest BCUT2D eigenvalue weighted by Gasteiger charge is -2.24. The Morgan fingerprint density at radius 1 is 1.28 bits per heavy atom. The van der Waals surface area contributed by atoms with Gasteiger partial charge < -0.3 is 16.4 Å². The second-order valence-electron chi connectivity index (χ2n) is 7.11. The van der Waals surface area contributed by atoms with Crippen molar-refractivity contribution in [3.63, 3.8) is 0 Å². The van der Waals surface area contributed by atoms with Crippen molar-refractivity contribution in [3.05, 3.63) is 28.8 Å². The number of carbonyl (C=O) groups is 2. The molecule has 0 aliphatic carbocycles. The van der Waals surface area contributed by atoms with Gasteiger partial charge in [-0.2, -0.15) is 0 Å². The monoisotopic (exact) mass is 389 g/mol. The van der Waals surface area contributed by atoms with Crippen LogP contribution < -0.4 is 16.4 Å². The van der Waals surface area contributed by atoms with E-state index < -0.39 is 6.04 Å². The minimum Gasteiger partial charge on any atom is -0.347 e. The Labute approximate surface area is 161 Å². The number of hydrogen-bond acceptors (Lipinski definition) is 3. The number of benzene rings is 1. The summed E-state index contributed by atoms with van der Waals surface area (Å²) in [4.78, 5) is 24.3. The van der Waals surface area contributed by atoms with Crippen molar-refractivity contribution in [1.82, 2.24) is 5.32 Å². The van der Waals surface area contributed by atoms with Gasteiger partial charge in [0.1, 0.15) is 0 Å². The minimum absolute atomic E-state index is 0. The first-order valence-corrected chi connectivity index (χ1v) is 8.62. The van der Waals surface area contributed by atoms with Gasteiger partial charge in [0.25, 0.3) is 5.91 Å². The zero-order chi connectivity index (χ0) is 18.5. The van der Waals surface area contributed by atoms with Gasteiger partial charge in [0, 0.05) is 11.2 Å². The number of anilines is 1. The van der Waals surface area contributed by atoms with Crippen LogP contribution in [0.3, 0.4) is 0 Å². The van der Waals surface area contributed by atoms with E-state index in [2.05, 4.69) is 10.6 Å². The predicted octanol–water partition coefficient (Wildman–Crippen LogP) is 3.99. The smallest absolute Gasteiger partial charge is 0.253 e. The number of nitrogens with one attached hydrogen (secondary N) is 2. The molecule has 1 atom stereocenters. The molecule has 0 bridgehead atoms. The number of nitrogens with two attached hydrogens (primary N) is 1. The van der Waals surface area contributed by atoms with Crippen LogP contribution in [0, 0.1) is 5.92 Å². The number of amides is 2. The molecule has 1 aromatic rings. The van der Waals surface area contributed by atoms with E-state index in [9.17, 15) is 9.59 Å². The highest BCUT2D eigenvalue weighted by molar-refractivity contribution is 6.34. The molecule has 0 radical (unpaired) electrons. The average Bonchev–Trinajstić information content (AvgIpc) is 2.45. The van der Waals surface area contributed by atoms with Gasteiger partial charge in [0.15, 0.2) is 0 Å². The van der Waals surface area contributed by atoms with Crippen molar-refractivity contribution in [2.24, 2.45) is 11.7 Å². The third-order valence-electron chi connectivity index (χ3n) is 3.88. The van der Waals surface area contributed by atoms with Crippen molar-refractivity contribution in [3.8, 4) is 0 Å². The lowest BCUT2D eigenvalue weighted by atomic mass is 10.0. The summed E-state index contributed by atoms with van der Waals surface area (Å²) in [5, 5.41) is 5.95. The van der Waals surface area contributed by atoms with Crippen molar-refractivity contribution >= 4 is 41.5 Å². The summed E-state index contributed by atoms with van der Waals surface area (Å²) in [5.74, 6) is -0.160. The Morgan fingerprint density at radius 2 is 1.88 bits per heavy atom. The summed E-state index contributed by atoms with van der Waals surface area (Å²) >= 11 is 6.20. The molecule has 0 unspecified atom stereocenters. The van der Waals surface area contributed by atoms with Crippen LogP contribution in [0.5, 0.6) is 0 Å². The van der Waals surface area contributed by atoms with E-state index in [-0.39, 0.29) is 34.8 Å². The molecule has 0 saturated heterocycles. The normalized spacial score (nSPS) is 12.3. The van der Waals surface area contributed by atoms with Gasteiger partial charge in [-0.3, -0.25) is 9.59 Å². The number of halogens is 2. The lowest BCUT2D eigenvalue weighted by Crippen LogP contribution is -2.42. The predicted molar refractivity (Wildman–Crippen MR) is 107 cm³/mol. The molecule has 0 spiro atoms. The molecular weight excluding hydrogens is 361 g/mol. The fraction of sp³-hybridized carbons (Fsp3) is 0.556. The van der Waals surface area contributed by atoms with E-state index in [0.717, 1.165) is 6.42 Å². The second kappa shape index (κ2) is 10.00. The molecule has 4 N–H and O–H groups in total. The maximum Gasteiger partial charge on any atom is 0.253 e. The SMILES string of the molecule is CCC(C)(C)NC(=O)c1ccc(NC(=O)[C@@H](N)CC(C)C)cc1Cl.Cl. The zero-order valence-corrected chi connectivity index (χ0v) is 17.1. The third-order valence-corrected chi connectivity index (χ3v) is 4.19. The average molecular weight is 390 g/mol. The molecule has 0 aliphatic rings. The molecule has 0 aliphatic heterocycles. The highest BCUT2D eigenvalue weighted by atomic mass is 35.5. The van der Waals surface area contributed by atoms with Crippen LogP contribution in [0.4, 0.5) is 5.69 Å². The molecule has 5 nitrogen and oxygen atoms in total. The van der Waals surface area contributed by atoms with E-state index >= 15 is 0 Å². The van der Waals surface area contributed by atoms with Gasteiger partial charge in [-0.05, 0) is 50.8 Å². The Morgan fingerprint density at radius 3 is 2.36 bits per heavy atom. The van der Waals surface area contributed by atoms with Crippen molar-refractivity contribution in [2.75, 3.05) is 5.32 Å². The Kier molecular flexibility index (Phi) is 9.48. The molecular formula is C18H29Cl2N3O2. The Balaban J connectivity index is 0.00000576. The first kappa shape index (κ1) is 23.7. The quantitative estimate of drug-likeness (QED) is 0.658. The Bertz CT molecular complexity index is 604. The molecule has 142 valence electrons.